The van der Waals surface area contributed by atoms with Crippen LogP contribution >= 0.6 is 0 Å². The number of benzene rings is 2. The number of aromatic nitrogens is 2. The summed E-state index contributed by atoms with van der Waals surface area (Å²) in [5.41, 5.74) is 4.55. The number of rotatable bonds is 4. The first-order valence-electron chi connectivity index (χ1n) is 6.50. The number of nitrogens with one attached hydrogen (secondary N) is 1. The second-order valence-electron chi connectivity index (χ2n) is 4.65. The SMILES string of the molecule is C=Cc1ccc2[nH]c(CCc3ccccc3)nc2c1. The molecular formula is C17H16N2. The van der Waals surface area contributed by atoms with Crippen molar-refractivity contribution in [1.82, 2.24) is 9.97 Å². The largest absolute Gasteiger partial charge is 0.342 e. The maximum absolute atomic E-state index is 4.63. The molecule has 1 heterocycles. The first-order valence-corrected chi connectivity index (χ1v) is 6.50. The smallest absolute Gasteiger partial charge is 0.107 e. The molecule has 0 atom stereocenters. The van der Waals surface area contributed by atoms with Crippen LogP contribution in [-0.4, -0.2) is 9.97 Å². The van der Waals surface area contributed by atoms with E-state index in [-0.39, 0.29) is 0 Å². The van der Waals surface area contributed by atoms with Gasteiger partial charge in [-0.05, 0) is 29.7 Å². The summed E-state index contributed by atoms with van der Waals surface area (Å²) in [5.74, 6) is 1.04. The molecule has 0 fully saturated rings. The fourth-order valence-electron chi connectivity index (χ4n) is 2.23. The van der Waals surface area contributed by atoms with Crippen molar-refractivity contribution < 1.29 is 0 Å². The van der Waals surface area contributed by atoms with Gasteiger partial charge in [-0.3, -0.25) is 0 Å². The monoisotopic (exact) mass is 248 g/mol. The Balaban J connectivity index is 1.80. The van der Waals surface area contributed by atoms with E-state index in [0.29, 0.717) is 0 Å². The lowest BCUT2D eigenvalue weighted by molar-refractivity contribution is 0.890. The Morgan fingerprint density at radius 2 is 1.89 bits per heavy atom. The van der Waals surface area contributed by atoms with Crippen LogP contribution in [0.3, 0.4) is 0 Å². The Bertz CT molecular complexity index is 696. The lowest BCUT2D eigenvalue weighted by atomic mass is 10.1. The second-order valence-corrected chi connectivity index (χ2v) is 4.65. The summed E-state index contributed by atoms with van der Waals surface area (Å²) in [6.45, 7) is 3.78. The number of aryl methyl sites for hydroxylation is 2. The highest BCUT2D eigenvalue weighted by molar-refractivity contribution is 5.78. The summed E-state index contributed by atoms with van der Waals surface area (Å²) in [5, 5.41) is 0. The number of H-pyrrole nitrogens is 1. The Hall–Kier alpha value is -2.35. The summed E-state index contributed by atoms with van der Waals surface area (Å²) in [6.07, 6.45) is 3.79. The maximum atomic E-state index is 4.63. The van der Waals surface area contributed by atoms with Crippen molar-refractivity contribution in [1.29, 1.82) is 0 Å². The van der Waals surface area contributed by atoms with Gasteiger partial charge in [-0.15, -0.1) is 0 Å². The zero-order chi connectivity index (χ0) is 13.1. The molecule has 0 bridgehead atoms. The Morgan fingerprint density at radius 1 is 1.05 bits per heavy atom. The highest BCUT2D eigenvalue weighted by Gasteiger charge is 2.03. The molecule has 2 aromatic carbocycles. The number of aromatic amines is 1. The first kappa shape index (κ1) is 11.7. The fourth-order valence-corrected chi connectivity index (χ4v) is 2.23. The lowest BCUT2D eigenvalue weighted by Gasteiger charge is -1.97. The topological polar surface area (TPSA) is 28.7 Å². The molecular weight excluding hydrogens is 232 g/mol. The van der Waals surface area contributed by atoms with Gasteiger partial charge >= 0.3 is 0 Å². The zero-order valence-electron chi connectivity index (χ0n) is 10.8. The molecule has 0 saturated heterocycles. The van der Waals surface area contributed by atoms with Crippen LogP contribution in [0.1, 0.15) is 17.0 Å². The van der Waals surface area contributed by atoms with Crippen molar-refractivity contribution in [3.63, 3.8) is 0 Å². The normalized spacial score (nSPS) is 10.7. The third-order valence-corrected chi connectivity index (χ3v) is 3.29. The molecule has 0 unspecified atom stereocenters. The molecule has 2 heteroatoms. The predicted octanol–water partition coefficient (Wildman–Crippen LogP) is 3.99. The van der Waals surface area contributed by atoms with Crippen molar-refractivity contribution in [2.75, 3.05) is 0 Å². The molecule has 2 nitrogen and oxygen atoms in total. The van der Waals surface area contributed by atoms with E-state index in [4.69, 9.17) is 0 Å². The van der Waals surface area contributed by atoms with E-state index in [0.717, 1.165) is 35.3 Å². The zero-order valence-corrected chi connectivity index (χ0v) is 10.8. The van der Waals surface area contributed by atoms with Crippen LogP contribution in [0.4, 0.5) is 0 Å². The van der Waals surface area contributed by atoms with Gasteiger partial charge in [0.2, 0.25) is 0 Å². The van der Waals surface area contributed by atoms with Crippen molar-refractivity contribution in [2.24, 2.45) is 0 Å². The number of imidazole rings is 1. The molecule has 1 N–H and O–H groups in total. The summed E-state index contributed by atoms with van der Waals surface area (Å²) in [4.78, 5) is 8.00. The van der Waals surface area contributed by atoms with Crippen LogP contribution in [0.25, 0.3) is 17.1 Å². The lowest BCUT2D eigenvalue weighted by Crippen LogP contribution is -1.92. The number of nitrogens with zero attached hydrogens (tertiary/aromatic N) is 1. The summed E-state index contributed by atoms with van der Waals surface area (Å²) in [7, 11) is 0. The first-order chi connectivity index (χ1) is 9.35. The maximum Gasteiger partial charge on any atom is 0.107 e. The van der Waals surface area contributed by atoms with Crippen LogP contribution in [0.5, 0.6) is 0 Å². The third-order valence-electron chi connectivity index (χ3n) is 3.29. The van der Waals surface area contributed by atoms with Crippen LogP contribution < -0.4 is 0 Å². The number of hydrogen-bond donors (Lipinski definition) is 1. The van der Waals surface area contributed by atoms with Crippen molar-refractivity contribution in [2.45, 2.75) is 12.8 Å². The molecule has 3 rings (SSSR count). The Kier molecular flexibility index (Phi) is 3.15. The van der Waals surface area contributed by atoms with E-state index in [1.807, 2.05) is 12.1 Å². The van der Waals surface area contributed by atoms with E-state index in [9.17, 15) is 0 Å². The molecule has 0 aliphatic heterocycles. The fraction of sp³-hybridized carbons (Fsp3) is 0.118. The van der Waals surface area contributed by atoms with Crippen molar-refractivity contribution in [3.05, 3.63) is 72.1 Å². The summed E-state index contributed by atoms with van der Waals surface area (Å²) in [6, 6.07) is 16.7. The van der Waals surface area contributed by atoms with Crippen LogP contribution in [0, 0.1) is 0 Å². The average Bonchev–Trinajstić information content (AvgIpc) is 2.88. The molecule has 0 radical (unpaired) electrons. The van der Waals surface area contributed by atoms with Crippen molar-refractivity contribution in [3.8, 4) is 0 Å². The quantitative estimate of drug-likeness (QED) is 0.743. The van der Waals surface area contributed by atoms with Crippen LogP contribution in [0.15, 0.2) is 55.1 Å². The van der Waals surface area contributed by atoms with Gasteiger partial charge in [-0.1, -0.05) is 49.1 Å². The average molecular weight is 248 g/mol. The molecule has 0 aliphatic rings. The standard InChI is InChI=1S/C17H16N2/c1-2-13-8-10-15-16(12-13)19-17(18-15)11-9-14-6-4-3-5-7-14/h2-8,10,12H,1,9,11H2,(H,18,19). The van der Waals surface area contributed by atoms with E-state index in [1.54, 1.807) is 0 Å². The van der Waals surface area contributed by atoms with Crippen LogP contribution in [-0.2, 0) is 12.8 Å². The van der Waals surface area contributed by atoms with E-state index >= 15 is 0 Å². The third kappa shape index (κ3) is 2.58. The van der Waals surface area contributed by atoms with Gasteiger partial charge in [0.15, 0.2) is 0 Å². The molecule has 0 saturated carbocycles. The molecule has 0 aliphatic carbocycles. The van der Waals surface area contributed by atoms with Gasteiger partial charge in [0.25, 0.3) is 0 Å². The number of hydrogen-bond acceptors (Lipinski definition) is 1. The minimum absolute atomic E-state index is 0.933. The van der Waals surface area contributed by atoms with Crippen LogP contribution in [0.2, 0.25) is 0 Å². The molecule has 0 spiro atoms. The van der Waals surface area contributed by atoms with E-state index in [2.05, 4.69) is 59.0 Å². The summed E-state index contributed by atoms with van der Waals surface area (Å²) < 4.78 is 0. The van der Waals surface area contributed by atoms with Gasteiger partial charge in [-0.25, -0.2) is 4.98 Å². The highest BCUT2D eigenvalue weighted by atomic mass is 14.9. The minimum Gasteiger partial charge on any atom is -0.342 e. The minimum atomic E-state index is 0.933. The summed E-state index contributed by atoms with van der Waals surface area (Å²) >= 11 is 0. The van der Waals surface area contributed by atoms with Crippen molar-refractivity contribution >= 4 is 17.1 Å². The molecule has 3 aromatic rings. The van der Waals surface area contributed by atoms with Gasteiger partial charge in [0.1, 0.15) is 5.82 Å². The molecule has 94 valence electrons. The highest BCUT2D eigenvalue weighted by Crippen LogP contribution is 2.15. The molecule has 0 amide bonds. The van der Waals surface area contributed by atoms with E-state index in [1.165, 1.54) is 5.56 Å². The van der Waals surface area contributed by atoms with Gasteiger partial charge in [0, 0.05) is 6.42 Å². The van der Waals surface area contributed by atoms with Gasteiger partial charge < -0.3 is 4.98 Å². The van der Waals surface area contributed by atoms with Gasteiger partial charge in [0.05, 0.1) is 11.0 Å². The van der Waals surface area contributed by atoms with Gasteiger partial charge in [-0.2, -0.15) is 0 Å². The molecule has 1 aromatic heterocycles. The molecule has 19 heavy (non-hydrogen) atoms. The Morgan fingerprint density at radius 3 is 2.68 bits per heavy atom. The Labute approximate surface area is 112 Å². The predicted molar refractivity (Wildman–Crippen MR) is 80.0 cm³/mol. The number of fused-ring (bicyclic) bond motifs is 1. The van der Waals surface area contributed by atoms with E-state index < -0.39 is 0 Å². The second kappa shape index (κ2) is 5.11.